The van der Waals surface area contributed by atoms with Crippen LogP contribution in [0, 0.1) is 6.92 Å². The van der Waals surface area contributed by atoms with Crippen LogP contribution in [-0.2, 0) is 11.2 Å². The second kappa shape index (κ2) is 5.89. The van der Waals surface area contributed by atoms with Gasteiger partial charge >= 0.3 is 0 Å². The van der Waals surface area contributed by atoms with Crippen molar-refractivity contribution in [1.82, 2.24) is 9.97 Å². The number of hydrogen-bond acceptors (Lipinski definition) is 3. The standard InChI is InChI=1S/C17H17N3O2/c1-11-3-6-16(22-2)15(7-11)20-17(21)9-12-4-5-13-14(8-12)19-10-18-13/h3-8,10H,9H2,1-2H3,(H,18,19)(H,20,21). The minimum absolute atomic E-state index is 0.0808. The summed E-state index contributed by atoms with van der Waals surface area (Å²) in [4.78, 5) is 19.5. The van der Waals surface area contributed by atoms with Crippen LogP contribution in [0.15, 0.2) is 42.7 Å². The highest BCUT2D eigenvalue weighted by atomic mass is 16.5. The number of methoxy groups -OCH3 is 1. The Labute approximate surface area is 128 Å². The maximum absolute atomic E-state index is 12.2. The van der Waals surface area contributed by atoms with Crippen molar-refractivity contribution in [2.75, 3.05) is 12.4 Å². The number of carbonyl (C=O) groups excluding carboxylic acids is 1. The van der Waals surface area contributed by atoms with Crippen LogP contribution >= 0.6 is 0 Å². The van der Waals surface area contributed by atoms with Crippen LogP contribution in [0.5, 0.6) is 5.75 Å². The predicted molar refractivity (Wildman–Crippen MR) is 86.2 cm³/mol. The van der Waals surface area contributed by atoms with Crippen molar-refractivity contribution in [2.45, 2.75) is 13.3 Å². The number of aromatic amines is 1. The third-order valence-corrected chi connectivity index (χ3v) is 3.48. The number of rotatable bonds is 4. The molecule has 3 rings (SSSR count). The molecule has 0 bridgehead atoms. The van der Waals surface area contributed by atoms with Gasteiger partial charge in [0.2, 0.25) is 5.91 Å². The van der Waals surface area contributed by atoms with Gasteiger partial charge in [0.15, 0.2) is 0 Å². The lowest BCUT2D eigenvalue weighted by Crippen LogP contribution is -2.15. The summed E-state index contributed by atoms with van der Waals surface area (Å²) < 4.78 is 5.27. The fraction of sp³-hybridized carbons (Fsp3) is 0.176. The van der Waals surface area contributed by atoms with Crippen LogP contribution in [0.2, 0.25) is 0 Å². The first kappa shape index (κ1) is 14.1. The number of aryl methyl sites for hydroxylation is 1. The molecule has 1 amide bonds. The van der Waals surface area contributed by atoms with Crippen LogP contribution in [0.25, 0.3) is 11.0 Å². The Bertz CT molecular complexity index is 824. The summed E-state index contributed by atoms with van der Waals surface area (Å²) in [7, 11) is 1.59. The van der Waals surface area contributed by atoms with Crippen LogP contribution < -0.4 is 10.1 Å². The van der Waals surface area contributed by atoms with Crippen molar-refractivity contribution in [3.63, 3.8) is 0 Å². The first-order chi connectivity index (χ1) is 10.7. The predicted octanol–water partition coefficient (Wildman–Crippen LogP) is 3.06. The minimum atomic E-state index is -0.0808. The highest BCUT2D eigenvalue weighted by Gasteiger charge is 2.09. The molecular weight excluding hydrogens is 278 g/mol. The van der Waals surface area contributed by atoms with Gasteiger partial charge in [-0.2, -0.15) is 0 Å². The molecule has 2 N–H and O–H groups in total. The molecule has 0 spiro atoms. The van der Waals surface area contributed by atoms with Crippen molar-refractivity contribution in [3.8, 4) is 5.75 Å². The van der Waals surface area contributed by atoms with E-state index < -0.39 is 0 Å². The third-order valence-electron chi connectivity index (χ3n) is 3.48. The van der Waals surface area contributed by atoms with Crippen LogP contribution in [0.4, 0.5) is 5.69 Å². The number of benzene rings is 2. The molecule has 3 aromatic rings. The van der Waals surface area contributed by atoms with Crippen molar-refractivity contribution in [1.29, 1.82) is 0 Å². The highest BCUT2D eigenvalue weighted by molar-refractivity contribution is 5.94. The van der Waals surface area contributed by atoms with E-state index in [-0.39, 0.29) is 5.91 Å². The monoisotopic (exact) mass is 295 g/mol. The third kappa shape index (κ3) is 2.93. The lowest BCUT2D eigenvalue weighted by molar-refractivity contribution is -0.115. The largest absolute Gasteiger partial charge is 0.495 e. The van der Waals surface area contributed by atoms with Gasteiger partial charge in [0.05, 0.1) is 36.6 Å². The Morgan fingerprint density at radius 2 is 2.14 bits per heavy atom. The van der Waals surface area contributed by atoms with Gasteiger partial charge in [0.1, 0.15) is 5.75 Å². The summed E-state index contributed by atoms with van der Waals surface area (Å²) in [5.41, 5.74) is 4.51. The fourth-order valence-electron chi connectivity index (χ4n) is 2.39. The van der Waals surface area contributed by atoms with Gasteiger partial charge in [-0.1, -0.05) is 12.1 Å². The summed E-state index contributed by atoms with van der Waals surface area (Å²) >= 11 is 0. The number of ether oxygens (including phenoxy) is 1. The zero-order chi connectivity index (χ0) is 15.5. The quantitative estimate of drug-likeness (QED) is 0.777. The molecule has 0 radical (unpaired) electrons. The van der Waals surface area contributed by atoms with E-state index in [0.717, 1.165) is 22.2 Å². The second-order valence-corrected chi connectivity index (χ2v) is 5.18. The van der Waals surface area contributed by atoms with Crippen molar-refractivity contribution >= 4 is 22.6 Å². The van der Waals surface area contributed by atoms with Gasteiger partial charge in [0.25, 0.3) is 0 Å². The number of aromatic nitrogens is 2. The molecule has 0 saturated heterocycles. The van der Waals surface area contributed by atoms with Crippen LogP contribution in [-0.4, -0.2) is 23.0 Å². The van der Waals surface area contributed by atoms with E-state index in [2.05, 4.69) is 15.3 Å². The summed E-state index contributed by atoms with van der Waals surface area (Å²) in [5.74, 6) is 0.575. The lowest BCUT2D eigenvalue weighted by Gasteiger charge is -2.11. The van der Waals surface area contributed by atoms with Crippen LogP contribution in [0.1, 0.15) is 11.1 Å². The van der Waals surface area contributed by atoms with Gasteiger partial charge in [-0.15, -0.1) is 0 Å². The molecule has 0 aliphatic rings. The van der Waals surface area contributed by atoms with E-state index in [1.807, 2.05) is 43.3 Å². The minimum Gasteiger partial charge on any atom is -0.495 e. The molecule has 0 unspecified atom stereocenters. The SMILES string of the molecule is COc1ccc(C)cc1NC(=O)Cc1ccc2nc[nH]c2c1. The smallest absolute Gasteiger partial charge is 0.228 e. The van der Waals surface area contributed by atoms with Gasteiger partial charge in [-0.3, -0.25) is 4.79 Å². The average Bonchev–Trinajstić information content (AvgIpc) is 2.95. The molecular formula is C17H17N3O2. The summed E-state index contributed by atoms with van der Waals surface area (Å²) in [6, 6.07) is 11.4. The number of nitrogens with one attached hydrogen (secondary N) is 2. The Balaban J connectivity index is 1.76. The Hall–Kier alpha value is -2.82. The molecule has 112 valence electrons. The molecule has 0 fully saturated rings. The van der Waals surface area contributed by atoms with Gasteiger partial charge in [0, 0.05) is 0 Å². The second-order valence-electron chi connectivity index (χ2n) is 5.18. The van der Waals surface area contributed by atoms with E-state index >= 15 is 0 Å². The normalized spacial score (nSPS) is 10.6. The van der Waals surface area contributed by atoms with E-state index in [9.17, 15) is 4.79 Å². The number of nitrogens with zero attached hydrogens (tertiary/aromatic N) is 1. The molecule has 1 aromatic heterocycles. The Morgan fingerprint density at radius 3 is 2.95 bits per heavy atom. The van der Waals surface area contributed by atoms with Crippen molar-refractivity contribution < 1.29 is 9.53 Å². The number of fused-ring (bicyclic) bond motifs is 1. The van der Waals surface area contributed by atoms with E-state index in [4.69, 9.17) is 4.74 Å². The van der Waals surface area contributed by atoms with Crippen molar-refractivity contribution in [2.24, 2.45) is 0 Å². The zero-order valence-corrected chi connectivity index (χ0v) is 12.5. The number of carbonyl (C=O) groups is 1. The van der Waals surface area contributed by atoms with E-state index in [1.165, 1.54) is 0 Å². The van der Waals surface area contributed by atoms with Gasteiger partial charge in [-0.05, 0) is 42.3 Å². The first-order valence-electron chi connectivity index (χ1n) is 7.02. The Kier molecular flexibility index (Phi) is 3.78. The first-order valence-corrected chi connectivity index (χ1v) is 7.02. The summed E-state index contributed by atoms with van der Waals surface area (Å²) in [6.45, 7) is 1.97. The number of amides is 1. The summed E-state index contributed by atoms with van der Waals surface area (Å²) in [6.07, 6.45) is 1.94. The molecule has 0 aliphatic heterocycles. The number of imidazole rings is 1. The van der Waals surface area contributed by atoms with Gasteiger partial charge in [-0.25, -0.2) is 4.98 Å². The van der Waals surface area contributed by atoms with E-state index in [1.54, 1.807) is 13.4 Å². The molecule has 0 aliphatic carbocycles. The van der Waals surface area contributed by atoms with Crippen molar-refractivity contribution in [3.05, 3.63) is 53.9 Å². The fourth-order valence-corrected chi connectivity index (χ4v) is 2.39. The molecule has 0 atom stereocenters. The lowest BCUT2D eigenvalue weighted by atomic mass is 10.1. The van der Waals surface area contributed by atoms with Crippen LogP contribution in [0.3, 0.4) is 0 Å². The number of hydrogen-bond donors (Lipinski definition) is 2. The topological polar surface area (TPSA) is 67.0 Å². The molecule has 1 heterocycles. The zero-order valence-electron chi connectivity index (χ0n) is 12.5. The maximum atomic E-state index is 12.2. The number of anilines is 1. The van der Waals surface area contributed by atoms with Gasteiger partial charge < -0.3 is 15.0 Å². The molecule has 22 heavy (non-hydrogen) atoms. The highest BCUT2D eigenvalue weighted by Crippen LogP contribution is 2.25. The molecule has 0 saturated carbocycles. The Morgan fingerprint density at radius 1 is 1.27 bits per heavy atom. The van der Waals surface area contributed by atoms with E-state index in [0.29, 0.717) is 17.9 Å². The molecule has 2 aromatic carbocycles. The molecule has 5 heteroatoms. The molecule has 5 nitrogen and oxygen atoms in total. The number of H-pyrrole nitrogens is 1. The summed E-state index contributed by atoms with van der Waals surface area (Å²) in [5, 5.41) is 2.90. The maximum Gasteiger partial charge on any atom is 0.228 e. The average molecular weight is 295 g/mol.